The van der Waals surface area contributed by atoms with E-state index in [9.17, 15) is 4.79 Å². The van der Waals surface area contributed by atoms with E-state index < -0.39 is 5.97 Å². The second kappa shape index (κ2) is 5.48. The van der Waals surface area contributed by atoms with E-state index in [-0.39, 0.29) is 17.9 Å². The Balaban J connectivity index is 2.17. The smallest absolute Gasteiger partial charge is 0.342 e. The molecular formula is C16H15N3O3. The minimum atomic E-state index is -0.504. The summed E-state index contributed by atoms with van der Waals surface area (Å²) in [6.07, 6.45) is 0. The number of benzene rings is 1. The summed E-state index contributed by atoms with van der Waals surface area (Å²) >= 11 is 0. The molecule has 112 valence electrons. The van der Waals surface area contributed by atoms with Crippen LogP contribution in [0, 0.1) is 6.92 Å². The molecule has 1 aromatic carbocycles. The van der Waals surface area contributed by atoms with Crippen LogP contribution >= 0.6 is 0 Å². The van der Waals surface area contributed by atoms with E-state index in [0.29, 0.717) is 22.8 Å². The highest BCUT2D eigenvalue weighted by molar-refractivity contribution is 6.03. The summed E-state index contributed by atoms with van der Waals surface area (Å²) in [5.74, 6) is -0.0913. The molecular weight excluding hydrogens is 282 g/mol. The Bertz CT molecular complexity index is 841. The first-order valence-electron chi connectivity index (χ1n) is 6.91. The minimum absolute atomic E-state index is 0.229. The van der Waals surface area contributed by atoms with Crippen LogP contribution in [0.4, 0.5) is 5.69 Å². The van der Waals surface area contributed by atoms with Crippen molar-refractivity contribution in [3.8, 4) is 11.5 Å². The number of hydrogen-bond donors (Lipinski definition) is 1. The maximum absolute atomic E-state index is 12.0. The maximum atomic E-state index is 12.0. The summed E-state index contributed by atoms with van der Waals surface area (Å²) in [6.45, 7) is 3.69. The van der Waals surface area contributed by atoms with Crippen LogP contribution in [0.1, 0.15) is 23.0 Å². The van der Waals surface area contributed by atoms with Crippen molar-refractivity contribution in [2.24, 2.45) is 0 Å². The van der Waals surface area contributed by atoms with Gasteiger partial charge in [0.1, 0.15) is 5.56 Å². The summed E-state index contributed by atoms with van der Waals surface area (Å²) in [5.41, 5.74) is 8.49. The number of aromatic nitrogens is 2. The van der Waals surface area contributed by atoms with Gasteiger partial charge in [-0.1, -0.05) is 18.2 Å². The van der Waals surface area contributed by atoms with Crippen LogP contribution in [0.2, 0.25) is 0 Å². The van der Waals surface area contributed by atoms with Gasteiger partial charge in [-0.3, -0.25) is 0 Å². The van der Waals surface area contributed by atoms with E-state index >= 15 is 0 Å². The van der Waals surface area contributed by atoms with Crippen LogP contribution in [0.3, 0.4) is 0 Å². The Kier molecular flexibility index (Phi) is 3.50. The van der Waals surface area contributed by atoms with Gasteiger partial charge in [0.25, 0.3) is 0 Å². The first-order valence-corrected chi connectivity index (χ1v) is 6.91. The third-order valence-corrected chi connectivity index (χ3v) is 3.27. The number of ether oxygens (including phenoxy) is 1. The van der Waals surface area contributed by atoms with Crippen molar-refractivity contribution >= 4 is 22.9 Å². The van der Waals surface area contributed by atoms with Crippen molar-refractivity contribution in [2.75, 3.05) is 12.3 Å². The molecule has 2 heterocycles. The molecule has 0 fully saturated rings. The number of hydrogen-bond acceptors (Lipinski definition) is 6. The lowest BCUT2D eigenvalue weighted by Gasteiger charge is -2.07. The van der Waals surface area contributed by atoms with Crippen LogP contribution in [-0.4, -0.2) is 22.5 Å². The molecule has 0 bridgehead atoms. The van der Waals surface area contributed by atoms with Crippen LogP contribution < -0.4 is 5.73 Å². The molecule has 0 saturated carbocycles. The number of oxazole rings is 1. The molecule has 0 spiro atoms. The Morgan fingerprint density at radius 2 is 2.00 bits per heavy atom. The molecule has 0 aliphatic heterocycles. The third-order valence-electron chi connectivity index (χ3n) is 3.27. The summed E-state index contributed by atoms with van der Waals surface area (Å²) in [5, 5.41) is 0. The second-order valence-electron chi connectivity index (χ2n) is 4.75. The maximum Gasteiger partial charge on any atom is 0.342 e. The molecule has 0 unspecified atom stereocenters. The van der Waals surface area contributed by atoms with Gasteiger partial charge in [0.15, 0.2) is 5.52 Å². The normalized spacial score (nSPS) is 10.8. The highest BCUT2D eigenvalue weighted by atomic mass is 16.5. The molecule has 22 heavy (non-hydrogen) atoms. The van der Waals surface area contributed by atoms with Crippen LogP contribution in [0.25, 0.3) is 22.7 Å². The number of nitrogen functional groups attached to an aromatic ring is 1. The molecule has 2 aromatic heterocycles. The fourth-order valence-corrected chi connectivity index (χ4v) is 2.25. The average Bonchev–Trinajstić information content (AvgIpc) is 2.92. The third kappa shape index (κ3) is 2.28. The molecule has 3 rings (SSSR count). The molecule has 0 saturated heterocycles. The van der Waals surface area contributed by atoms with Gasteiger partial charge in [0, 0.05) is 5.56 Å². The SMILES string of the molecule is CCOC(=O)c1c(C)nc2oc(-c3ccccc3)nc2c1N. The number of carbonyl (C=O) groups is 1. The molecule has 6 nitrogen and oxygen atoms in total. The zero-order chi connectivity index (χ0) is 15.7. The van der Waals surface area contributed by atoms with E-state index in [1.54, 1.807) is 13.8 Å². The Hall–Kier alpha value is -2.89. The van der Waals surface area contributed by atoms with Gasteiger partial charge in [-0.25, -0.2) is 14.8 Å². The van der Waals surface area contributed by atoms with Crippen LogP contribution in [0.5, 0.6) is 0 Å². The fourth-order valence-electron chi connectivity index (χ4n) is 2.25. The Labute approximate surface area is 126 Å². The van der Waals surface area contributed by atoms with Gasteiger partial charge in [-0.05, 0) is 26.0 Å². The summed E-state index contributed by atoms with van der Waals surface area (Å²) in [6, 6.07) is 9.42. The van der Waals surface area contributed by atoms with Crippen LogP contribution in [0.15, 0.2) is 34.7 Å². The van der Waals surface area contributed by atoms with Gasteiger partial charge < -0.3 is 14.9 Å². The molecule has 2 N–H and O–H groups in total. The van der Waals surface area contributed by atoms with Crippen molar-refractivity contribution in [1.29, 1.82) is 0 Å². The Morgan fingerprint density at radius 1 is 1.27 bits per heavy atom. The Morgan fingerprint density at radius 3 is 2.68 bits per heavy atom. The van der Waals surface area contributed by atoms with Crippen molar-refractivity contribution in [2.45, 2.75) is 13.8 Å². The average molecular weight is 297 g/mol. The van der Waals surface area contributed by atoms with Crippen molar-refractivity contribution in [3.63, 3.8) is 0 Å². The molecule has 0 aliphatic rings. The van der Waals surface area contributed by atoms with Gasteiger partial charge in [0.05, 0.1) is 18.0 Å². The number of nitrogens with zero attached hydrogens (tertiary/aromatic N) is 2. The lowest BCUT2D eigenvalue weighted by atomic mass is 10.1. The van der Waals surface area contributed by atoms with E-state index in [2.05, 4.69) is 9.97 Å². The minimum Gasteiger partial charge on any atom is -0.462 e. The van der Waals surface area contributed by atoms with E-state index in [4.69, 9.17) is 14.9 Å². The fraction of sp³-hybridized carbons (Fsp3) is 0.188. The van der Waals surface area contributed by atoms with Crippen LogP contribution in [-0.2, 0) is 4.74 Å². The van der Waals surface area contributed by atoms with Gasteiger partial charge in [-0.2, -0.15) is 0 Å². The molecule has 6 heteroatoms. The molecule has 0 atom stereocenters. The zero-order valence-corrected chi connectivity index (χ0v) is 12.3. The summed E-state index contributed by atoms with van der Waals surface area (Å²) in [4.78, 5) is 20.6. The van der Waals surface area contributed by atoms with E-state index in [1.165, 1.54) is 0 Å². The standard InChI is InChI=1S/C16H15N3O3/c1-3-21-16(20)11-9(2)18-15-13(12(11)17)19-14(22-15)10-7-5-4-6-8-10/h4-8H,3H2,1-2H3,(H2,17,18). The molecule has 0 radical (unpaired) electrons. The monoisotopic (exact) mass is 297 g/mol. The number of nitrogens with two attached hydrogens (primary N) is 1. The first kappa shape index (κ1) is 14.1. The lowest BCUT2D eigenvalue weighted by molar-refractivity contribution is 0.0526. The number of aryl methyl sites for hydroxylation is 1. The van der Waals surface area contributed by atoms with Gasteiger partial charge >= 0.3 is 5.97 Å². The van der Waals surface area contributed by atoms with Gasteiger partial charge in [-0.15, -0.1) is 0 Å². The van der Waals surface area contributed by atoms with E-state index in [1.807, 2.05) is 30.3 Å². The lowest BCUT2D eigenvalue weighted by Crippen LogP contribution is -2.11. The zero-order valence-electron chi connectivity index (χ0n) is 12.3. The topological polar surface area (TPSA) is 91.2 Å². The number of esters is 1. The largest absolute Gasteiger partial charge is 0.462 e. The van der Waals surface area contributed by atoms with Crippen molar-refractivity contribution < 1.29 is 13.9 Å². The summed E-state index contributed by atoms with van der Waals surface area (Å²) < 4.78 is 10.7. The van der Waals surface area contributed by atoms with Crippen molar-refractivity contribution in [3.05, 3.63) is 41.6 Å². The molecule has 0 aliphatic carbocycles. The number of carbonyl (C=O) groups excluding carboxylic acids is 1. The predicted octanol–water partition coefficient (Wildman–Crippen LogP) is 2.96. The second-order valence-corrected chi connectivity index (χ2v) is 4.75. The number of rotatable bonds is 3. The van der Waals surface area contributed by atoms with Gasteiger partial charge in [0.2, 0.25) is 11.6 Å². The quantitative estimate of drug-likeness (QED) is 0.747. The number of anilines is 1. The van der Waals surface area contributed by atoms with E-state index in [0.717, 1.165) is 5.56 Å². The molecule has 0 amide bonds. The first-order chi connectivity index (χ1) is 10.6. The number of pyridine rings is 1. The predicted molar refractivity (Wildman–Crippen MR) is 82.3 cm³/mol. The highest BCUT2D eigenvalue weighted by Crippen LogP contribution is 2.30. The highest BCUT2D eigenvalue weighted by Gasteiger charge is 2.22. The summed E-state index contributed by atoms with van der Waals surface area (Å²) in [7, 11) is 0. The molecule has 3 aromatic rings. The van der Waals surface area contributed by atoms with Crippen molar-refractivity contribution in [1.82, 2.24) is 9.97 Å². The number of fused-ring (bicyclic) bond motifs is 1.